The molecule has 1 aliphatic heterocycles. The van der Waals surface area contributed by atoms with Crippen LogP contribution in [0.1, 0.15) is 27.2 Å². The van der Waals surface area contributed by atoms with Crippen LogP contribution in [0.15, 0.2) is 59.6 Å². The molecule has 10 heteroatoms. The number of carboxylic acids is 1. The number of nitrogens with zero attached hydrogens (tertiary/aromatic N) is 2. The molecule has 0 saturated carbocycles. The molecule has 4 aromatic rings. The molecule has 6 nitrogen and oxygen atoms in total. The number of anilines is 2. The fourth-order valence-electron chi connectivity index (χ4n) is 3.81. The van der Waals surface area contributed by atoms with Crippen LogP contribution in [0.25, 0.3) is 11.3 Å². The number of halogens is 4. The summed E-state index contributed by atoms with van der Waals surface area (Å²) in [7, 11) is 0. The number of hydrogen-bond donors (Lipinski definition) is 3. The fourth-order valence-corrected chi connectivity index (χ4v) is 4.24. The molecule has 0 aliphatic carbocycles. The van der Waals surface area contributed by atoms with Crippen molar-refractivity contribution in [2.24, 2.45) is 4.99 Å². The molecule has 0 radical (unpaired) electrons. The van der Waals surface area contributed by atoms with Gasteiger partial charge in [-0.25, -0.2) is 18.6 Å². The van der Waals surface area contributed by atoms with Crippen LogP contribution < -0.4 is 5.32 Å². The Hall–Kier alpha value is -3.75. The Balaban J connectivity index is 1.57. The van der Waals surface area contributed by atoms with Crippen LogP contribution >= 0.6 is 23.2 Å². The van der Waals surface area contributed by atoms with Gasteiger partial charge in [0.1, 0.15) is 11.6 Å². The Kier molecular flexibility index (Phi) is 5.55. The number of aromatic nitrogens is 2. The molecule has 3 N–H and O–H groups in total. The van der Waals surface area contributed by atoms with E-state index < -0.39 is 17.6 Å². The number of rotatable bonds is 4. The molecule has 2 heterocycles. The minimum Gasteiger partial charge on any atom is -0.478 e. The van der Waals surface area contributed by atoms with Gasteiger partial charge in [0.05, 0.1) is 39.8 Å². The summed E-state index contributed by atoms with van der Waals surface area (Å²) in [5.41, 5.74) is 2.61. The first-order valence-electron chi connectivity index (χ1n) is 9.99. The van der Waals surface area contributed by atoms with Crippen LogP contribution in [0.4, 0.5) is 20.4 Å². The maximum absolute atomic E-state index is 14.6. The third-order valence-electron chi connectivity index (χ3n) is 5.33. The summed E-state index contributed by atoms with van der Waals surface area (Å²) >= 11 is 12.3. The Morgan fingerprint density at radius 1 is 1.03 bits per heavy atom. The predicted molar refractivity (Wildman–Crippen MR) is 126 cm³/mol. The second-order valence-corrected chi connectivity index (χ2v) is 8.33. The van der Waals surface area contributed by atoms with Gasteiger partial charge in [0, 0.05) is 21.8 Å². The van der Waals surface area contributed by atoms with Gasteiger partial charge in [-0.1, -0.05) is 35.3 Å². The third-order valence-corrected chi connectivity index (χ3v) is 5.88. The highest BCUT2D eigenvalue weighted by Gasteiger charge is 2.26. The number of nitrogens with one attached hydrogen (secondary N) is 2. The number of imidazole rings is 1. The summed E-state index contributed by atoms with van der Waals surface area (Å²) < 4.78 is 29.2. The van der Waals surface area contributed by atoms with Crippen molar-refractivity contribution in [1.82, 2.24) is 9.97 Å². The molecule has 0 fully saturated rings. The van der Waals surface area contributed by atoms with Gasteiger partial charge in [0.25, 0.3) is 0 Å². The Bertz CT molecular complexity index is 1480. The number of H-pyrrole nitrogens is 1. The van der Waals surface area contributed by atoms with Crippen molar-refractivity contribution in [3.63, 3.8) is 0 Å². The first kappa shape index (κ1) is 22.1. The largest absolute Gasteiger partial charge is 0.478 e. The second kappa shape index (κ2) is 8.55. The van der Waals surface area contributed by atoms with Crippen molar-refractivity contribution in [1.29, 1.82) is 0 Å². The van der Waals surface area contributed by atoms with Crippen LogP contribution in [-0.2, 0) is 6.54 Å². The lowest BCUT2D eigenvalue weighted by Gasteiger charge is -2.12. The van der Waals surface area contributed by atoms with Crippen LogP contribution in [0.2, 0.25) is 10.0 Å². The number of hydrogen-bond acceptors (Lipinski definition) is 4. The highest BCUT2D eigenvalue weighted by molar-refractivity contribution is 6.33. The standard InChI is InChI=1S/C24H14Cl2F2N4O2/c25-11-4-6-13-15(8-11)22(20-17(27)2-1-3-18(20)28)29-10-19-21(13)32-24(31-19)30-12-5-7-14(23(33)34)16(26)9-12/h1-9H,10H2,(H,33,34)(H2,30,31,32). The minimum absolute atomic E-state index is 0.0181. The van der Waals surface area contributed by atoms with Gasteiger partial charge in [-0.3, -0.25) is 4.99 Å². The lowest BCUT2D eigenvalue weighted by atomic mass is 9.95. The van der Waals surface area contributed by atoms with Crippen molar-refractivity contribution < 1.29 is 18.7 Å². The summed E-state index contributed by atoms with van der Waals surface area (Å²) in [6, 6.07) is 13.1. The normalized spacial score (nSPS) is 12.4. The van der Waals surface area contributed by atoms with E-state index in [2.05, 4.69) is 20.3 Å². The topological polar surface area (TPSA) is 90.4 Å². The van der Waals surface area contributed by atoms with E-state index in [1.165, 1.54) is 30.3 Å². The zero-order valence-electron chi connectivity index (χ0n) is 17.2. The number of carboxylic acid groups (broad SMARTS) is 1. The third kappa shape index (κ3) is 3.91. The molecule has 0 unspecified atom stereocenters. The number of fused-ring (bicyclic) bond motifs is 3. The summed E-state index contributed by atoms with van der Waals surface area (Å²) in [5.74, 6) is -2.23. The summed E-state index contributed by atoms with van der Waals surface area (Å²) in [6.07, 6.45) is 0. The Morgan fingerprint density at radius 2 is 1.79 bits per heavy atom. The smallest absolute Gasteiger partial charge is 0.337 e. The average molecular weight is 499 g/mol. The molecule has 3 aromatic carbocycles. The van der Waals surface area contributed by atoms with E-state index in [0.717, 1.165) is 0 Å². The van der Waals surface area contributed by atoms with Gasteiger partial charge in [-0.2, -0.15) is 0 Å². The van der Waals surface area contributed by atoms with Gasteiger partial charge < -0.3 is 15.4 Å². The van der Waals surface area contributed by atoms with E-state index >= 15 is 0 Å². The summed E-state index contributed by atoms with van der Waals surface area (Å²) in [6.45, 7) is 0.0815. The lowest BCUT2D eigenvalue weighted by Crippen LogP contribution is -2.10. The van der Waals surface area contributed by atoms with Crippen molar-refractivity contribution in [3.05, 3.63) is 98.7 Å². The van der Waals surface area contributed by atoms with Gasteiger partial charge in [0.2, 0.25) is 5.95 Å². The van der Waals surface area contributed by atoms with E-state index in [1.54, 1.807) is 24.3 Å². The van der Waals surface area contributed by atoms with Gasteiger partial charge in [-0.05, 0) is 42.5 Å². The van der Waals surface area contributed by atoms with Crippen molar-refractivity contribution in [2.45, 2.75) is 6.54 Å². The molecule has 0 atom stereocenters. The van der Waals surface area contributed by atoms with Crippen LogP contribution in [0.5, 0.6) is 0 Å². The quantitative estimate of drug-likeness (QED) is 0.301. The van der Waals surface area contributed by atoms with Gasteiger partial charge in [-0.15, -0.1) is 0 Å². The van der Waals surface area contributed by atoms with Crippen molar-refractivity contribution >= 4 is 46.5 Å². The van der Waals surface area contributed by atoms with Gasteiger partial charge >= 0.3 is 5.97 Å². The van der Waals surface area contributed by atoms with E-state index in [-0.39, 0.29) is 28.4 Å². The molecule has 0 amide bonds. The zero-order valence-corrected chi connectivity index (χ0v) is 18.7. The highest BCUT2D eigenvalue weighted by Crippen LogP contribution is 2.35. The molecule has 0 bridgehead atoms. The molecular formula is C24H14Cl2F2N4O2. The van der Waals surface area contributed by atoms with E-state index in [0.29, 0.717) is 39.2 Å². The van der Waals surface area contributed by atoms with Crippen LogP contribution in [-0.4, -0.2) is 26.8 Å². The number of aliphatic imine (C=N–C) groups is 1. The van der Waals surface area contributed by atoms with Crippen molar-refractivity contribution in [2.75, 3.05) is 5.32 Å². The van der Waals surface area contributed by atoms with Gasteiger partial charge in [0.15, 0.2) is 0 Å². The number of aromatic carboxylic acids is 1. The molecule has 0 spiro atoms. The molecule has 1 aliphatic rings. The lowest BCUT2D eigenvalue weighted by molar-refractivity contribution is 0.0697. The van der Waals surface area contributed by atoms with E-state index in [9.17, 15) is 13.6 Å². The first-order chi connectivity index (χ1) is 16.3. The number of benzene rings is 3. The van der Waals surface area contributed by atoms with Crippen LogP contribution in [0, 0.1) is 11.6 Å². The average Bonchev–Trinajstić information content (AvgIpc) is 3.11. The molecular weight excluding hydrogens is 485 g/mol. The fraction of sp³-hybridized carbons (Fsp3) is 0.0417. The Morgan fingerprint density at radius 3 is 2.50 bits per heavy atom. The monoisotopic (exact) mass is 498 g/mol. The number of carbonyl (C=O) groups is 1. The van der Waals surface area contributed by atoms with Crippen LogP contribution in [0.3, 0.4) is 0 Å². The predicted octanol–water partition coefficient (Wildman–Crippen LogP) is 6.45. The number of aromatic amines is 1. The minimum atomic E-state index is -1.13. The second-order valence-electron chi connectivity index (χ2n) is 7.49. The first-order valence-corrected chi connectivity index (χ1v) is 10.8. The maximum Gasteiger partial charge on any atom is 0.337 e. The SMILES string of the molecule is O=C(O)c1ccc(Nc2nc3c([nH]2)CN=C(c2c(F)cccc2F)c2cc(Cl)ccc2-3)cc1Cl. The molecule has 1 aromatic heterocycles. The Labute approximate surface area is 201 Å². The van der Waals surface area contributed by atoms with Crippen molar-refractivity contribution in [3.8, 4) is 11.3 Å². The molecule has 34 heavy (non-hydrogen) atoms. The molecule has 0 saturated heterocycles. The maximum atomic E-state index is 14.6. The zero-order chi connectivity index (χ0) is 24.0. The molecule has 170 valence electrons. The molecule has 5 rings (SSSR count). The summed E-state index contributed by atoms with van der Waals surface area (Å²) in [4.78, 5) is 23.4. The highest BCUT2D eigenvalue weighted by atomic mass is 35.5. The van der Waals surface area contributed by atoms with E-state index in [1.807, 2.05) is 0 Å². The van der Waals surface area contributed by atoms with E-state index in [4.69, 9.17) is 28.3 Å². The summed E-state index contributed by atoms with van der Waals surface area (Å²) in [5, 5.41) is 12.7.